The lowest BCUT2D eigenvalue weighted by Crippen LogP contribution is -1.93. The Labute approximate surface area is 113 Å². The summed E-state index contributed by atoms with van der Waals surface area (Å²) in [6.07, 6.45) is 0. The Morgan fingerprint density at radius 3 is 2.94 bits per heavy atom. The molecule has 0 aliphatic rings. The van der Waals surface area contributed by atoms with Crippen LogP contribution < -0.4 is 0 Å². The molecule has 7 heteroatoms. The summed E-state index contributed by atoms with van der Waals surface area (Å²) in [5.74, 6) is 0.719. The van der Waals surface area contributed by atoms with E-state index < -0.39 is 0 Å². The molecule has 0 radical (unpaired) electrons. The van der Waals surface area contributed by atoms with Crippen LogP contribution >= 0.6 is 45.5 Å². The average molecular weight is 363 g/mol. The highest BCUT2D eigenvalue weighted by molar-refractivity contribution is 14.1. The number of fused-ring (bicyclic) bond motifs is 1. The van der Waals surface area contributed by atoms with E-state index in [-0.39, 0.29) is 0 Å². The molecule has 0 saturated heterocycles. The van der Waals surface area contributed by atoms with E-state index in [1.54, 1.807) is 28.0 Å². The van der Waals surface area contributed by atoms with Crippen LogP contribution in [0.2, 0.25) is 5.15 Å². The van der Waals surface area contributed by atoms with Gasteiger partial charge in [-0.1, -0.05) is 11.6 Å². The molecule has 0 saturated carbocycles. The molecule has 0 N–H and O–H groups in total. The summed E-state index contributed by atoms with van der Waals surface area (Å²) in [7, 11) is 0. The van der Waals surface area contributed by atoms with Crippen molar-refractivity contribution >= 4 is 51.2 Å². The van der Waals surface area contributed by atoms with E-state index in [0.717, 1.165) is 11.4 Å². The molecule has 16 heavy (non-hydrogen) atoms. The van der Waals surface area contributed by atoms with Crippen molar-refractivity contribution < 1.29 is 0 Å². The monoisotopic (exact) mass is 362 g/mol. The third kappa shape index (κ3) is 1.70. The molecule has 3 heterocycles. The van der Waals surface area contributed by atoms with Crippen LogP contribution in [0.4, 0.5) is 0 Å². The number of rotatable bonds is 1. The van der Waals surface area contributed by atoms with Crippen molar-refractivity contribution in [1.82, 2.24) is 19.8 Å². The van der Waals surface area contributed by atoms with Gasteiger partial charge in [-0.05, 0) is 40.8 Å². The number of thiophene rings is 1. The highest BCUT2D eigenvalue weighted by Crippen LogP contribution is 2.25. The first kappa shape index (κ1) is 10.4. The first-order valence-corrected chi connectivity index (χ1v) is 6.70. The molecule has 0 aliphatic carbocycles. The fourth-order valence-corrected chi connectivity index (χ4v) is 2.84. The van der Waals surface area contributed by atoms with Crippen LogP contribution in [-0.4, -0.2) is 19.8 Å². The van der Waals surface area contributed by atoms with Crippen molar-refractivity contribution in [1.29, 1.82) is 0 Å². The molecule has 0 bridgehead atoms. The van der Waals surface area contributed by atoms with Crippen molar-refractivity contribution in [2.24, 2.45) is 0 Å². The van der Waals surface area contributed by atoms with Crippen molar-refractivity contribution in [3.63, 3.8) is 0 Å². The molecular formula is C9H4ClIN4S. The zero-order valence-electron chi connectivity index (χ0n) is 7.76. The van der Waals surface area contributed by atoms with E-state index >= 15 is 0 Å². The van der Waals surface area contributed by atoms with E-state index in [2.05, 4.69) is 37.9 Å². The van der Waals surface area contributed by atoms with Gasteiger partial charge in [-0.3, -0.25) is 0 Å². The van der Waals surface area contributed by atoms with Crippen molar-refractivity contribution in [3.05, 3.63) is 31.6 Å². The van der Waals surface area contributed by atoms with Crippen molar-refractivity contribution in [3.8, 4) is 11.4 Å². The lowest BCUT2D eigenvalue weighted by molar-refractivity contribution is 0.937. The summed E-state index contributed by atoms with van der Waals surface area (Å²) >= 11 is 9.78. The summed E-state index contributed by atoms with van der Waals surface area (Å²) < 4.78 is 2.85. The van der Waals surface area contributed by atoms with Gasteiger partial charge in [0, 0.05) is 10.9 Å². The quantitative estimate of drug-likeness (QED) is 0.625. The Morgan fingerprint density at radius 2 is 2.19 bits per heavy atom. The standard InChI is InChI=1S/C9H4ClIN4S/c10-6-1-2-8-12-13-9(15(8)14-6)5-3-7(11)16-4-5/h1-4H. The first-order chi connectivity index (χ1) is 7.74. The summed E-state index contributed by atoms with van der Waals surface area (Å²) in [6.45, 7) is 0. The third-order valence-corrected chi connectivity index (χ3v) is 4.05. The molecule has 4 nitrogen and oxygen atoms in total. The van der Waals surface area contributed by atoms with Gasteiger partial charge < -0.3 is 0 Å². The Morgan fingerprint density at radius 1 is 1.31 bits per heavy atom. The van der Waals surface area contributed by atoms with Gasteiger partial charge in [0.25, 0.3) is 0 Å². The van der Waals surface area contributed by atoms with E-state index in [1.165, 1.54) is 2.88 Å². The van der Waals surface area contributed by atoms with E-state index in [1.807, 2.05) is 11.4 Å². The lowest BCUT2D eigenvalue weighted by Gasteiger charge is -1.95. The van der Waals surface area contributed by atoms with Gasteiger partial charge in [-0.25, -0.2) is 0 Å². The van der Waals surface area contributed by atoms with Gasteiger partial charge in [0.05, 0.1) is 2.88 Å². The molecule has 0 atom stereocenters. The molecule has 0 aliphatic heterocycles. The molecule has 0 unspecified atom stereocenters. The van der Waals surface area contributed by atoms with Crippen LogP contribution in [0.5, 0.6) is 0 Å². The Kier molecular flexibility index (Phi) is 2.56. The van der Waals surface area contributed by atoms with E-state index in [4.69, 9.17) is 11.6 Å². The zero-order valence-corrected chi connectivity index (χ0v) is 11.5. The maximum absolute atomic E-state index is 5.85. The van der Waals surface area contributed by atoms with Crippen molar-refractivity contribution in [2.45, 2.75) is 0 Å². The van der Waals surface area contributed by atoms with Crippen molar-refractivity contribution in [2.75, 3.05) is 0 Å². The van der Waals surface area contributed by atoms with Crippen LogP contribution in [-0.2, 0) is 0 Å². The summed E-state index contributed by atoms with van der Waals surface area (Å²) in [4.78, 5) is 0. The molecular weight excluding hydrogens is 359 g/mol. The van der Waals surface area contributed by atoms with Crippen LogP contribution in [0.3, 0.4) is 0 Å². The van der Waals surface area contributed by atoms with E-state index in [0.29, 0.717) is 10.8 Å². The molecule has 3 aromatic rings. The number of hydrogen-bond donors (Lipinski definition) is 0. The largest absolute Gasteiger partial charge is 0.191 e. The van der Waals surface area contributed by atoms with Gasteiger partial charge in [0.1, 0.15) is 5.15 Å². The second kappa shape index (κ2) is 3.94. The Balaban J connectivity index is 2.27. The van der Waals surface area contributed by atoms with Gasteiger partial charge in [0.15, 0.2) is 11.5 Å². The fraction of sp³-hybridized carbons (Fsp3) is 0. The SMILES string of the molecule is Clc1ccc2nnc(-c3csc(I)c3)n2n1. The second-order valence-electron chi connectivity index (χ2n) is 3.09. The van der Waals surface area contributed by atoms with Crippen LogP contribution in [0, 0.1) is 2.88 Å². The highest BCUT2D eigenvalue weighted by Gasteiger charge is 2.10. The molecule has 0 fully saturated rings. The fourth-order valence-electron chi connectivity index (χ4n) is 1.37. The minimum Gasteiger partial charge on any atom is -0.191 e. The minimum atomic E-state index is 0.429. The number of hydrogen-bond acceptors (Lipinski definition) is 4. The topological polar surface area (TPSA) is 43.1 Å². The average Bonchev–Trinajstić information content (AvgIpc) is 2.83. The Hall–Kier alpha value is -0.730. The molecule has 3 aromatic heterocycles. The Bertz CT molecular complexity index is 662. The number of halogens is 2. The summed E-state index contributed by atoms with van der Waals surface area (Å²) in [6, 6.07) is 5.54. The van der Waals surface area contributed by atoms with Gasteiger partial charge >= 0.3 is 0 Å². The molecule has 0 aromatic carbocycles. The molecule has 3 rings (SSSR count). The second-order valence-corrected chi connectivity index (χ2v) is 6.28. The van der Waals surface area contributed by atoms with Crippen LogP contribution in [0.15, 0.2) is 23.6 Å². The minimum absolute atomic E-state index is 0.429. The molecule has 80 valence electrons. The smallest absolute Gasteiger partial charge is 0.186 e. The number of aromatic nitrogens is 4. The zero-order chi connectivity index (χ0) is 11.1. The van der Waals surface area contributed by atoms with E-state index in [9.17, 15) is 0 Å². The molecule has 0 spiro atoms. The maximum Gasteiger partial charge on any atom is 0.186 e. The van der Waals surface area contributed by atoms with Crippen LogP contribution in [0.25, 0.3) is 17.0 Å². The normalized spacial score (nSPS) is 11.1. The predicted octanol–water partition coefficient (Wildman–Crippen LogP) is 3.11. The number of nitrogens with zero attached hydrogens (tertiary/aromatic N) is 4. The lowest BCUT2D eigenvalue weighted by atomic mass is 10.3. The summed E-state index contributed by atoms with van der Waals surface area (Å²) in [5.41, 5.74) is 1.71. The van der Waals surface area contributed by atoms with Gasteiger partial charge in [-0.2, -0.15) is 9.61 Å². The summed E-state index contributed by atoms with van der Waals surface area (Å²) in [5, 5.41) is 14.8. The first-order valence-electron chi connectivity index (χ1n) is 4.36. The maximum atomic E-state index is 5.85. The van der Waals surface area contributed by atoms with Crippen LogP contribution in [0.1, 0.15) is 0 Å². The molecule has 0 amide bonds. The predicted molar refractivity (Wildman–Crippen MR) is 71.8 cm³/mol. The van der Waals surface area contributed by atoms with Gasteiger partial charge in [0.2, 0.25) is 0 Å². The third-order valence-electron chi connectivity index (χ3n) is 2.06. The highest BCUT2D eigenvalue weighted by atomic mass is 127. The van der Waals surface area contributed by atoms with Gasteiger partial charge in [-0.15, -0.1) is 21.5 Å².